The molecule has 0 aliphatic carbocycles. The predicted molar refractivity (Wildman–Crippen MR) is 64.4 cm³/mol. The largest absolute Gasteiger partial charge is 0.477 e. The van der Waals surface area contributed by atoms with Gasteiger partial charge in [-0.25, -0.2) is 4.79 Å². The number of aromatic carboxylic acids is 1. The van der Waals surface area contributed by atoms with Crippen molar-refractivity contribution in [3.8, 4) is 0 Å². The van der Waals surface area contributed by atoms with Gasteiger partial charge in [0, 0.05) is 11.6 Å². The van der Waals surface area contributed by atoms with Crippen LogP contribution in [-0.2, 0) is 6.54 Å². The van der Waals surface area contributed by atoms with Gasteiger partial charge in [-0.2, -0.15) is 4.57 Å². The van der Waals surface area contributed by atoms with E-state index in [1.54, 1.807) is 41.1 Å². The van der Waals surface area contributed by atoms with Gasteiger partial charge in [0.2, 0.25) is 12.3 Å². The average molecular weight is 242 g/mol. The van der Waals surface area contributed by atoms with Crippen LogP contribution < -0.4 is 4.57 Å². The van der Waals surface area contributed by atoms with E-state index in [4.69, 9.17) is 5.11 Å². The molecule has 1 aromatic carbocycles. The molecule has 2 aromatic rings. The highest BCUT2D eigenvalue weighted by molar-refractivity contribution is 5.95. The molecule has 18 heavy (non-hydrogen) atoms. The fraction of sp³-hybridized carbons (Fsp3) is 0.0714. The summed E-state index contributed by atoms with van der Waals surface area (Å²) in [5.41, 5.74) is 0.782. The third kappa shape index (κ3) is 2.79. The van der Waals surface area contributed by atoms with Crippen molar-refractivity contribution in [3.63, 3.8) is 0 Å². The van der Waals surface area contributed by atoms with Gasteiger partial charge in [0.05, 0.1) is 0 Å². The van der Waals surface area contributed by atoms with Crippen molar-refractivity contribution in [1.29, 1.82) is 0 Å². The lowest BCUT2D eigenvalue weighted by Crippen LogP contribution is -2.38. The minimum atomic E-state index is -1.00. The Labute approximate surface area is 104 Å². The van der Waals surface area contributed by atoms with E-state index < -0.39 is 5.97 Å². The van der Waals surface area contributed by atoms with Gasteiger partial charge in [-0.15, -0.1) is 0 Å². The number of ketones is 1. The lowest BCUT2D eigenvalue weighted by molar-refractivity contribution is -0.683. The standard InChI is InChI=1S/C14H11NO3/c16-13(11-5-2-1-3-6-11)10-15-8-4-7-12(9-15)14(17)18/h1-9H,10H2/p+1. The summed E-state index contributed by atoms with van der Waals surface area (Å²) in [6.07, 6.45) is 3.12. The number of rotatable bonds is 4. The molecule has 1 N–H and O–H groups in total. The van der Waals surface area contributed by atoms with Gasteiger partial charge in [-0.1, -0.05) is 30.3 Å². The molecule has 0 atom stereocenters. The van der Waals surface area contributed by atoms with E-state index in [-0.39, 0.29) is 17.9 Å². The summed E-state index contributed by atoms with van der Waals surface area (Å²) in [7, 11) is 0. The number of benzene rings is 1. The van der Waals surface area contributed by atoms with Crippen LogP contribution in [0.4, 0.5) is 0 Å². The molecule has 0 spiro atoms. The van der Waals surface area contributed by atoms with Gasteiger partial charge < -0.3 is 5.11 Å². The molecule has 0 amide bonds. The number of carboxylic acids is 1. The van der Waals surface area contributed by atoms with E-state index in [1.165, 1.54) is 12.3 Å². The molecule has 0 aliphatic heterocycles. The van der Waals surface area contributed by atoms with E-state index in [0.717, 1.165) is 0 Å². The Morgan fingerprint density at radius 3 is 2.33 bits per heavy atom. The van der Waals surface area contributed by atoms with E-state index in [2.05, 4.69) is 0 Å². The van der Waals surface area contributed by atoms with Gasteiger partial charge in [-0.3, -0.25) is 4.79 Å². The summed E-state index contributed by atoms with van der Waals surface area (Å²) < 4.78 is 1.57. The highest BCUT2D eigenvalue weighted by atomic mass is 16.4. The Bertz CT molecular complexity index is 579. The van der Waals surface area contributed by atoms with Crippen LogP contribution in [0.25, 0.3) is 0 Å². The molecule has 1 heterocycles. The highest BCUT2D eigenvalue weighted by Crippen LogP contribution is 2.00. The number of carbonyl (C=O) groups excluding carboxylic acids is 1. The summed E-state index contributed by atoms with van der Waals surface area (Å²) in [6.45, 7) is 0.130. The molecule has 0 unspecified atom stereocenters. The Kier molecular flexibility index (Phi) is 3.48. The predicted octanol–water partition coefficient (Wildman–Crippen LogP) is 1.56. The summed E-state index contributed by atoms with van der Waals surface area (Å²) in [5, 5.41) is 8.86. The Morgan fingerprint density at radius 2 is 1.67 bits per heavy atom. The van der Waals surface area contributed by atoms with E-state index in [0.29, 0.717) is 5.56 Å². The first-order valence-electron chi connectivity index (χ1n) is 5.47. The van der Waals surface area contributed by atoms with Crippen molar-refractivity contribution in [1.82, 2.24) is 0 Å². The second-order valence-electron chi connectivity index (χ2n) is 3.86. The van der Waals surface area contributed by atoms with Crippen molar-refractivity contribution in [2.24, 2.45) is 0 Å². The maximum atomic E-state index is 11.9. The van der Waals surface area contributed by atoms with Gasteiger partial charge >= 0.3 is 5.97 Å². The topological polar surface area (TPSA) is 58.2 Å². The fourth-order valence-electron chi connectivity index (χ4n) is 1.63. The maximum absolute atomic E-state index is 11.9. The molecule has 4 nitrogen and oxygen atoms in total. The minimum Gasteiger partial charge on any atom is -0.477 e. The zero-order valence-electron chi connectivity index (χ0n) is 9.61. The Hall–Kier alpha value is -2.49. The third-order valence-corrected chi connectivity index (χ3v) is 2.53. The minimum absolute atomic E-state index is 0.0526. The van der Waals surface area contributed by atoms with Gasteiger partial charge in [0.1, 0.15) is 5.56 Å². The number of hydrogen-bond donors (Lipinski definition) is 1. The number of Topliss-reactive ketones (excluding diaryl/α,β-unsaturated/α-hetero) is 1. The average Bonchev–Trinajstić information content (AvgIpc) is 2.40. The number of nitrogens with zero attached hydrogens (tertiary/aromatic N) is 1. The van der Waals surface area contributed by atoms with Crippen LogP contribution in [0.3, 0.4) is 0 Å². The second-order valence-corrected chi connectivity index (χ2v) is 3.86. The van der Waals surface area contributed by atoms with Crippen LogP contribution in [0.5, 0.6) is 0 Å². The van der Waals surface area contributed by atoms with Crippen LogP contribution in [0.1, 0.15) is 20.7 Å². The first kappa shape index (κ1) is 12.0. The molecular weight excluding hydrogens is 230 g/mol. The number of carbonyl (C=O) groups is 2. The molecule has 0 bridgehead atoms. The quantitative estimate of drug-likeness (QED) is 0.653. The van der Waals surface area contributed by atoms with Crippen molar-refractivity contribution >= 4 is 11.8 Å². The molecule has 0 saturated carbocycles. The first-order chi connectivity index (χ1) is 8.66. The molecule has 1 aromatic heterocycles. The van der Waals surface area contributed by atoms with Crippen LogP contribution in [-0.4, -0.2) is 16.9 Å². The van der Waals surface area contributed by atoms with E-state index in [1.807, 2.05) is 6.07 Å². The molecule has 90 valence electrons. The molecular formula is C14H12NO3+. The molecule has 0 saturated heterocycles. The van der Waals surface area contributed by atoms with Crippen LogP contribution in [0.15, 0.2) is 54.9 Å². The van der Waals surface area contributed by atoms with E-state index >= 15 is 0 Å². The lowest BCUT2D eigenvalue weighted by atomic mass is 10.1. The van der Waals surface area contributed by atoms with Crippen molar-refractivity contribution < 1.29 is 19.3 Å². The van der Waals surface area contributed by atoms with Crippen molar-refractivity contribution in [2.75, 3.05) is 0 Å². The van der Waals surface area contributed by atoms with Crippen LogP contribution >= 0.6 is 0 Å². The zero-order valence-corrected chi connectivity index (χ0v) is 9.61. The summed E-state index contributed by atoms with van der Waals surface area (Å²) in [6, 6.07) is 12.0. The SMILES string of the molecule is O=C(O)c1ccc[n+](CC(=O)c2ccccc2)c1. The molecule has 0 fully saturated rings. The maximum Gasteiger partial charge on any atom is 0.341 e. The smallest absolute Gasteiger partial charge is 0.341 e. The highest BCUT2D eigenvalue weighted by Gasteiger charge is 2.14. The van der Waals surface area contributed by atoms with Gasteiger partial charge in [-0.05, 0) is 6.07 Å². The molecule has 0 aliphatic rings. The molecule has 4 heteroatoms. The van der Waals surface area contributed by atoms with E-state index in [9.17, 15) is 9.59 Å². The van der Waals surface area contributed by atoms with Crippen LogP contribution in [0.2, 0.25) is 0 Å². The Morgan fingerprint density at radius 1 is 1.00 bits per heavy atom. The molecule has 2 rings (SSSR count). The normalized spacial score (nSPS) is 10.0. The number of hydrogen-bond acceptors (Lipinski definition) is 2. The Balaban J connectivity index is 2.17. The van der Waals surface area contributed by atoms with Crippen molar-refractivity contribution in [3.05, 3.63) is 66.0 Å². The zero-order chi connectivity index (χ0) is 13.0. The number of pyridine rings is 1. The van der Waals surface area contributed by atoms with Gasteiger partial charge in [0.25, 0.3) is 0 Å². The second kappa shape index (κ2) is 5.23. The summed E-state index contributed by atoms with van der Waals surface area (Å²) >= 11 is 0. The van der Waals surface area contributed by atoms with Crippen LogP contribution in [0, 0.1) is 0 Å². The monoisotopic (exact) mass is 242 g/mol. The van der Waals surface area contributed by atoms with Gasteiger partial charge in [0.15, 0.2) is 12.4 Å². The lowest BCUT2D eigenvalue weighted by Gasteiger charge is -1.98. The third-order valence-electron chi connectivity index (χ3n) is 2.53. The molecule has 0 radical (unpaired) electrons. The summed E-state index contributed by atoms with van der Waals surface area (Å²) in [5.74, 6) is -1.06. The summed E-state index contributed by atoms with van der Waals surface area (Å²) in [4.78, 5) is 22.7. The number of aromatic nitrogens is 1. The van der Waals surface area contributed by atoms with Crippen molar-refractivity contribution in [2.45, 2.75) is 6.54 Å². The fourth-order valence-corrected chi connectivity index (χ4v) is 1.63. The number of carboxylic acid groups (broad SMARTS) is 1. The first-order valence-corrected chi connectivity index (χ1v) is 5.47.